The molecule has 0 radical (unpaired) electrons. The Morgan fingerprint density at radius 1 is 0.293 bits per heavy atom. The molecule has 0 amide bonds. The number of hydrogen-bond donors (Lipinski definition) is 0. The van der Waals surface area contributed by atoms with Crippen LogP contribution in [-0.2, 0) is 65.8 Å². The maximum atomic E-state index is 14.3. The molecule has 0 spiro atoms. The second-order valence-corrected chi connectivity index (χ2v) is 21.6. The van der Waals surface area contributed by atoms with Gasteiger partial charge in [0.1, 0.15) is 0 Å². The predicted molar refractivity (Wildman–Crippen MR) is 230 cm³/mol. The maximum absolute atomic E-state index is 14.3. The van der Waals surface area contributed by atoms with Crippen LogP contribution in [0.4, 0.5) is 0 Å². The zero-order chi connectivity index (χ0) is 42.9. The highest BCUT2D eigenvalue weighted by Crippen LogP contribution is 2.59. The second kappa shape index (κ2) is 41.7. The Kier molecular flexibility index (Phi) is 42.3. The molecule has 15 nitrogen and oxygen atoms in total. The minimum atomic E-state index is -4.57. The van der Waals surface area contributed by atoms with Gasteiger partial charge in [-0.3, -0.25) is 27.1 Å². The molecule has 0 aromatic heterocycles. The van der Waals surface area contributed by atoms with Gasteiger partial charge in [0.15, 0.2) is 20.4 Å². The second-order valence-electron chi connectivity index (χ2n) is 14.3. The zero-order valence-corrected chi connectivity index (χ0v) is 41.2. The molecule has 348 valence electrons. The molecule has 0 rings (SSSR count). The standard InChI is InChI=1S/3C13H29O5P.Al/c3*1-3-5-6-7-8-9-10-12-17-19(14,15)18-13-16-11-4-2;/h3*3-13H2,1-2H3,(H,14,15);/q;;;+3/p-3. The van der Waals surface area contributed by atoms with Crippen LogP contribution in [-0.4, -0.2) is 75.2 Å². The van der Waals surface area contributed by atoms with Crippen LogP contribution >= 0.6 is 23.5 Å². The molecule has 0 saturated carbocycles. The predicted octanol–water partition coefficient (Wildman–Crippen LogP) is 13.8. The Morgan fingerprint density at radius 3 is 0.776 bits per heavy atom. The molecule has 0 N–H and O–H groups in total. The first-order valence-corrected chi connectivity index (χ1v) is 28.4. The molecule has 3 atom stereocenters. The number of rotatable bonds is 48. The largest absolute Gasteiger partial charge is 0.931 e. The minimum absolute atomic E-state index is 0.0154. The summed E-state index contributed by atoms with van der Waals surface area (Å²) in [7, 11) is -13.7. The van der Waals surface area contributed by atoms with Gasteiger partial charge in [0.05, 0.1) is 19.8 Å². The lowest BCUT2D eigenvalue weighted by Gasteiger charge is -2.26. The average Bonchev–Trinajstić information content (AvgIpc) is 3.20. The van der Waals surface area contributed by atoms with E-state index in [0.717, 1.165) is 96.3 Å². The van der Waals surface area contributed by atoms with Crippen LogP contribution in [0, 0.1) is 0 Å². The van der Waals surface area contributed by atoms with Gasteiger partial charge in [0, 0.05) is 19.8 Å². The van der Waals surface area contributed by atoms with Gasteiger partial charge in [0.2, 0.25) is 0 Å². The SMILES string of the molecule is CCCCCCCCCOP(=O)(OCOCCC)[O][Al]([O]P(=O)(OCCCCCCCCC)OCOCCC)[O]P(=O)(OCCCCCCCCC)OCOCCC. The average molecular weight is 913 g/mol. The highest BCUT2D eigenvalue weighted by Gasteiger charge is 2.53. The molecule has 0 saturated heterocycles. The third-order valence-electron chi connectivity index (χ3n) is 8.57. The first-order valence-electron chi connectivity index (χ1n) is 22.6. The smallest absolute Gasteiger partial charge is 0.362 e. The highest BCUT2D eigenvalue weighted by molar-refractivity contribution is 7.53. The van der Waals surface area contributed by atoms with Crippen molar-refractivity contribution in [2.24, 2.45) is 0 Å². The van der Waals surface area contributed by atoms with Crippen LogP contribution in [0.3, 0.4) is 0 Å². The van der Waals surface area contributed by atoms with Crippen LogP contribution in [0.5, 0.6) is 0 Å². The summed E-state index contributed by atoms with van der Waals surface area (Å²) in [5.41, 5.74) is 0. The lowest BCUT2D eigenvalue weighted by Crippen LogP contribution is -2.27. The van der Waals surface area contributed by atoms with E-state index in [2.05, 4.69) is 20.8 Å². The quantitative estimate of drug-likeness (QED) is 0.0245. The van der Waals surface area contributed by atoms with E-state index in [4.69, 9.17) is 52.1 Å². The third kappa shape index (κ3) is 36.2. The molecule has 0 aliphatic heterocycles. The highest BCUT2D eigenvalue weighted by atomic mass is 31.2. The molecule has 0 fully saturated rings. The molecule has 0 aliphatic carbocycles. The molecule has 0 aliphatic rings. The summed E-state index contributed by atoms with van der Waals surface area (Å²) in [5, 5.41) is 0. The van der Waals surface area contributed by atoms with E-state index < -0.39 is 59.0 Å². The Bertz CT molecular complexity index is 909. The molecule has 0 bridgehead atoms. The molecule has 19 heteroatoms. The number of phosphoric ester groups is 3. The Balaban J connectivity index is 6.37. The van der Waals surface area contributed by atoms with Gasteiger partial charge in [-0.15, -0.1) is 0 Å². The van der Waals surface area contributed by atoms with E-state index in [-0.39, 0.29) is 19.8 Å². The molecule has 0 heterocycles. The monoisotopic (exact) mass is 912 g/mol. The van der Waals surface area contributed by atoms with Crippen LogP contribution in [0.2, 0.25) is 0 Å². The van der Waals surface area contributed by atoms with Crippen molar-refractivity contribution in [1.82, 2.24) is 0 Å². The Hall–Kier alpha value is 0.742. The molecule has 0 aromatic rings. The topological polar surface area (TPSA) is 162 Å². The summed E-state index contributed by atoms with van der Waals surface area (Å²) in [4.78, 5) is 0. The molecule has 3 unspecified atom stereocenters. The molecular formula is C39H84AlO15P3. The van der Waals surface area contributed by atoms with Crippen molar-refractivity contribution in [3.8, 4) is 0 Å². The summed E-state index contributed by atoms with van der Waals surface area (Å²) in [6.45, 7) is 12.0. The van der Waals surface area contributed by atoms with Crippen molar-refractivity contribution in [2.75, 3.05) is 60.0 Å². The van der Waals surface area contributed by atoms with Gasteiger partial charge in [-0.1, -0.05) is 157 Å². The fraction of sp³-hybridized carbons (Fsp3) is 1.00. The van der Waals surface area contributed by atoms with E-state index in [1.54, 1.807) is 0 Å². The van der Waals surface area contributed by atoms with Crippen LogP contribution in [0.1, 0.15) is 196 Å². The van der Waals surface area contributed by atoms with E-state index in [9.17, 15) is 13.7 Å². The lowest BCUT2D eigenvalue weighted by atomic mass is 10.1. The Labute approximate surface area is 358 Å². The molecule has 0 aromatic carbocycles. The van der Waals surface area contributed by atoms with Gasteiger partial charge in [-0.2, -0.15) is 0 Å². The van der Waals surface area contributed by atoms with Crippen molar-refractivity contribution in [2.45, 2.75) is 196 Å². The minimum Gasteiger partial charge on any atom is -0.362 e. The number of hydrogen-bond acceptors (Lipinski definition) is 15. The van der Waals surface area contributed by atoms with Crippen molar-refractivity contribution in [3.63, 3.8) is 0 Å². The summed E-state index contributed by atoms with van der Waals surface area (Å²) in [6, 6.07) is 0. The van der Waals surface area contributed by atoms with Crippen LogP contribution in [0.25, 0.3) is 0 Å². The van der Waals surface area contributed by atoms with E-state index in [1.165, 1.54) is 19.3 Å². The Morgan fingerprint density at radius 2 is 0.534 bits per heavy atom. The normalized spacial score (nSPS) is 15.0. The first kappa shape index (κ1) is 58.7. The van der Waals surface area contributed by atoms with Crippen molar-refractivity contribution in [3.05, 3.63) is 0 Å². The van der Waals surface area contributed by atoms with Gasteiger partial charge in [-0.25, -0.2) is 13.7 Å². The van der Waals surface area contributed by atoms with E-state index in [0.29, 0.717) is 58.3 Å². The number of unbranched alkanes of at least 4 members (excludes halogenated alkanes) is 18. The van der Waals surface area contributed by atoms with Gasteiger partial charge >= 0.3 is 38.6 Å². The summed E-state index contributed by atoms with van der Waals surface area (Å²) in [6.07, 6.45) is 23.0. The third-order valence-corrected chi connectivity index (χ3v) is 16.5. The van der Waals surface area contributed by atoms with E-state index >= 15 is 0 Å². The lowest BCUT2D eigenvalue weighted by molar-refractivity contribution is -0.0183. The van der Waals surface area contributed by atoms with E-state index in [1.807, 2.05) is 20.8 Å². The van der Waals surface area contributed by atoms with Gasteiger partial charge in [0.25, 0.3) is 0 Å². The fourth-order valence-electron chi connectivity index (χ4n) is 5.29. The van der Waals surface area contributed by atoms with Gasteiger partial charge < -0.3 is 24.9 Å². The first-order chi connectivity index (χ1) is 28.1. The van der Waals surface area contributed by atoms with Crippen molar-refractivity contribution >= 4 is 38.6 Å². The number of ether oxygens (including phenoxy) is 3. The van der Waals surface area contributed by atoms with Crippen LogP contribution < -0.4 is 0 Å². The van der Waals surface area contributed by atoms with Crippen molar-refractivity contribution in [1.29, 1.82) is 0 Å². The molecular weight excluding hydrogens is 828 g/mol. The van der Waals surface area contributed by atoms with Crippen molar-refractivity contribution < 1.29 is 65.8 Å². The summed E-state index contributed by atoms with van der Waals surface area (Å²) >= 11 is -4.23. The molecule has 58 heavy (non-hydrogen) atoms. The van der Waals surface area contributed by atoms with Crippen LogP contribution in [0.15, 0.2) is 0 Å². The summed E-state index contributed by atoms with van der Waals surface area (Å²) in [5.74, 6) is 0. The fourth-order valence-corrected chi connectivity index (χ4v) is 12.7. The maximum Gasteiger partial charge on any atom is 0.931 e. The zero-order valence-electron chi connectivity index (χ0n) is 37.4. The van der Waals surface area contributed by atoms with Gasteiger partial charge in [-0.05, 0) is 38.5 Å². The number of phosphoric acid groups is 3. The summed E-state index contributed by atoms with van der Waals surface area (Å²) < 4.78 is 111.